The zero-order valence-electron chi connectivity index (χ0n) is 24.1. The van der Waals surface area contributed by atoms with Crippen LogP contribution < -0.4 is 19.2 Å². The van der Waals surface area contributed by atoms with Gasteiger partial charge in [0.25, 0.3) is 15.9 Å². The number of nitrogens with zero attached hydrogens (tertiary/aromatic N) is 2. The van der Waals surface area contributed by atoms with Crippen LogP contribution in [0.25, 0.3) is 0 Å². The Morgan fingerprint density at radius 1 is 0.977 bits per heavy atom. The van der Waals surface area contributed by atoms with E-state index in [1.807, 2.05) is 45.0 Å². The molecule has 0 saturated carbocycles. The maximum Gasteiger partial charge on any atom is 0.264 e. The zero-order chi connectivity index (χ0) is 31.1. The van der Waals surface area contributed by atoms with Crippen molar-refractivity contribution in [1.29, 1.82) is 0 Å². The molecule has 0 aliphatic carbocycles. The largest absolute Gasteiger partial charge is 0.493 e. The highest BCUT2D eigenvalue weighted by atomic mass is 79.9. The van der Waals surface area contributed by atoms with E-state index in [2.05, 4.69) is 26.5 Å². The molecule has 0 aromatic heterocycles. The van der Waals surface area contributed by atoms with E-state index in [-0.39, 0.29) is 11.5 Å². The van der Waals surface area contributed by atoms with Crippen LogP contribution in [0.2, 0.25) is 5.02 Å². The van der Waals surface area contributed by atoms with Gasteiger partial charge in [-0.15, -0.1) is 0 Å². The van der Waals surface area contributed by atoms with Crippen molar-refractivity contribution in [3.05, 3.63) is 116 Å². The molecule has 0 unspecified atom stereocenters. The highest BCUT2D eigenvalue weighted by Gasteiger charge is 2.27. The fourth-order valence-corrected chi connectivity index (χ4v) is 6.48. The Morgan fingerprint density at radius 2 is 1.65 bits per heavy atom. The minimum atomic E-state index is -4.05. The topological polar surface area (TPSA) is 97.3 Å². The summed E-state index contributed by atoms with van der Waals surface area (Å²) in [5, 5.41) is 4.66. The number of sulfonamides is 1. The van der Waals surface area contributed by atoms with Crippen molar-refractivity contribution in [3.8, 4) is 11.5 Å². The van der Waals surface area contributed by atoms with E-state index in [0.717, 1.165) is 26.6 Å². The number of hydrazone groups is 1. The second-order valence-corrected chi connectivity index (χ2v) is 13.0. The van der Waals surface area contributed by atoms with E-state index in [9.17, 15) is 13.2 Å². The lowest BCUT2D eigenvalue weighted by Gasteiger charge is -2.24. The first-order valence-corrected chi connectivity index (χ1v) is 15.8. The van der Waals surface area contributed by atoms with E-state index < -0.39 is 22.5 Å². The van der Waals surface area contributed by atoms with Crippen LogP contribution in [-0.2, 0) is 21.4 Å². The molecular weight excluding hydrogens is 654 g/mol. The molecule has 0 aliphatic heterocycles. The van der Waals surface area contributed by atoms with Crippen LogP contribution in [0.3, 0.4) is 0 Å². The highest BCUT2D eigenvalue weighted by molar-refractivity contribution is 9.10. The van der Waals surface area contributed by atoms with Gasteiger partial charge in [0, 0.05) is 10.6 Å². The number of carbonyl (C=O) groups is 1. The van der Waals surface area contributed by atoms with Gasteiger partial charge in [0.1, 0.15) is 13.2 Å². The second-order valence-electron chi connectivity index (χ2n) is 9.88. The molecule has 4 rings (SSSR count). The Bertz CT molecular complexity index is 1740. The van der Waals surface area contributed by atoms with Gasteiger partial charge in [-0.3, -0.25) is 9.10 Å². The molecule has 0 fully saturated rings. The average molecular weight is 685 g/mol. The van der Waals surface area contributed by atoms with E-state index >= 15 is 0 Å². The normalized spacial score (nSPS) is 11.4. The van der Waals surface area contributed by atoms with Crippen molar-refractivity contribution in [2.45, 2.75) is 32.3 Å². The quantitative estimate of drug-likeness (QED) is 0.136. The van der Waals surface area contributed by atoms with Crippen LogP contribution >= 0.6 is 27.5 Å². The molecule has 0 heterocycles. The first-order valence-electron chi connectivity index (χ1n) is 13.2. The van der Waals surface area contributed by atoms with Crippen LogP contribution in [0.5, 0.6) is 11.5 Å². The summed E-state index contributed by atoms with van der Waals surface area (Å²) in [6.07, 6.45) is 1.43. The maximum atomic E-state index is 13.7. The van der Waals surface area contributed by atoms with Crippen molar-refractivity contribution in [2.24, 2.45) is 5.10 Å². The van der Waals surface area contributed by atoms with Crippen molar-refractivity contribution < 1.29 is 22.7 Å². The summed E-state index contributed by atoms with van der Waals surface area (Å²) in [5.41, 5.74) is 6.92. The van der Waals surface area contributed by atoms with E-state index in [1.165, 1.54) is 25.5 Å². The standard InChI is InChI=1S/C32H31BrClN3O5S/c1-21-9-11-27(12-10-21)43(39,40)37(26-14-22(2)13-23(3)15-26)19-31(38)36-35-18-24-16-28(33)32(30(17-24)41-4)42-20-25-7-5-6-8-29(25)34/h5-18H,19-20H2,1-4H3,(H,36,38)/b35-18+. The molecule has 224 valence electrons. The SMILES string of the molecule is COc1cc(/C=N/NC(=O)CN(c2cc(C)cc(C)c2)S(=O)(=O)c2ccc(C)cc2)cc(Br)c1OCc1ccccc1Cl. The van der Waals surface area contributed by atoms with Gasteiger partial charge in [0.05, 0.1) is 28.4 Å². The van der Waals surface area contributed by atoms with Gasteiger partial charge in [-0.25, -0.2) is 13.8 Å². The summed E-state index contributed by atoms with van der Waals surface area (Å²) in [4.78, 5) is 13.1. The Balaban J connectivity index is 1.51. The Morgan fingerprint density at radius 3 is 2.30 bits per heavy atom. The van der Waals surface area contributed by atoms with E-state index in [4.69, 9.17) is 21.1 Å². The van der Waals surface area contributed by atoms with Gasteiger partial charge >= 0.3 is 0 Å². The molecule has 4 aromatic carbocycles. The van der Waals surface area contributed by atoms with Gasteiger partial charge < -0.3 is 9.47 Å². The maximum absolute atomic E-state index is 13.7. The molecule has 1 amide bonds. The highest BCUT2D eigenvalue weighted by Crippen LogP contribution is 2.37. The summed E-state index contributed by atoms with van der Waals surface area (Å²) < 4.78 is 40.5. The molecule has 0 radical (unpaired) electrons. The molecule has 11 heteroatoms. The first-order chi connectivity index (χ1) is 20.5. The number of methoxy groups -OCH3 is 1. The van der Waals surface area contributed by atoms with Gasteiger partial charge in [0.2, 0.25) is 0 Å². The smallest absolute Gasteiger partial charge is 0.264 e. The summed E-state index contributed by atoms with van der Waals surface area (Å²) >= 11 is 9.75. The number of rotatable bonds is 11. The summed E-state index contributed by atoms with van der Waals surface area (Å²) in [6, 6.07) is 22.7. The molecule has 0 bridgehead atoms. The number of carbonyl (C=O) groups excluding carboxylic acids is 1. The number of amides is 1. The Labute approximate surface area is 265 Å². The van der Waals surface area contributed by atoms with Gasteiger partial charge in [-0.1, -0.05) is 53.6 Å². The molecule has 43 heavy (non-hydrogen) atoms. The van der Waals surface area contributed by atoms with E-state index in [1.54, 1.807) is 42.5 Å². The van der Waals surface area contributed by atoms with Gasteiger partial charge in [-0.05, 0) is 95.9 Å². The number of nitrogens with one attached hydrogen (secondary N) is 1. The molecule has 0 saturated heterocycles. The predicted molar refractivity (Wildman–Crippen MR) is 174 cm³/mol. The predicted octanol–water partition coefficient (Wildman–Crippen LogP) is 6.96. The second kappa shape index (κ2) is 14.1. The van der Waals surface area contributed by atoms with Crippen LogP contribution in [0.4, 0.5) is 5.69 Å². The van der Waals surface area contributed by atoms with Gasteiger partial charge in [0.15, 0.2) is 11.5 Å². The number of hydrogen-bond donors (Lipinski definition) is 1. The number of hydrogen-bond acceptors (Lipinski definition) is 6. The van der Waals surface area contributed by atoms with Crippen LogP contribution in [0.1, 0.15) is 27.8 Å². The summed E-state index contributed by atoms with van der Waals surface area (Å²) in [5.74, 6) is 0.310. The minimum absolute atomic E-state index is 0.0855. The zero-order valence-corrected chi connectivity index (χ0v) is 27.3. The first kappa shape index (κ1) is 32.1. The number of benzene rings is 4. The lowest BCUT2D eigenvalue weighted by molar-refractivity contribution is -0.119. The van der Waals surface area contributed by atoms with Crippen LogP contribution in [-0.4, -0.2) is 34.2 Å². The van der Waals surface area contributed by atoms with Crippen LogP contribution in [0.15, 0.2) is 93.3 Å². The summed E-state index contributed by atoms with van der Waals surface area (Å²) in [6.45, 7) is 5.38. The van der Waals surface area contributed by atoms with Gasteiger partial charge in [-0.2, -0.15) is 5.10 Å². The number of halogens is 2. The van der Waals surface area contributed by atoms with E-state index in [0.29, 0.717) is 32.2 Å². The minimum Gasteiger partial charge on any atom is -0.493 e. The lowest BCUT2D eigenvalue weighted by atomic mass is 10.1. The van der Waals surface area contributed by atoms with Crippen LogP contribution in [0, 0.1) is 20.8 Å². The third-order valence-corrected chi connectivity index (χ3v) is 9.12. The number of aryl methyl sites for hydroxylation is 3. The van der Waals surface area contributed by atoms with Crippen molar-refractivity contribution in [3.63, 3.8) is 0 Å². The molecule has 0 atom stereocenters. The fourth-order valence-electron chi connectivity index (χ4n) is 4.31. The fraction of sp³-hybridized carbons (Fsp3) is 0.188. The molecule has 1 N–H and O–H groups in total. The van der Waals surface area contributed by atoms with Crippen molar-refractivity contribution in [2.75, 3.05) is 18.0 Å². The molecule has 0 aliphatic rings. The lowest BCUT2D eigenvalue weighted by Crippen LogP contribution is -2.39. The third kappa shape index (κ3) is 8.16. The monoisotopic (exact) mass is 683 g/mol. The third-order valence-electron chi connectivity index (χ3n) is 6.38. The molecule has 8 nitrogen and oxygen atoms in total. The molecule has 4 aromatic rings. The Hall–Kier alpha value is -3.86. The Kier molecular flexibility index (Phi) is 10.5. The number of ether oxygens (including phenoxy) is 2. The number of anilines is 1. The average Bonchev–Trinajstić information content (AvgIpc) is 2.95. The molecular formula is C32H31BrClN3O5S. The van der Waals surface area contributed by atoms with Crippen molar-refractivity contribution >= 4 is 55.4 Å². The van der Waals surface area contributed by atoms with Crippen molar-refractivity contribution in [1.82, 2.24) is 5.43 Å². The molecule has 0 spiro atoms. The summed E-state index contributed by atoms with van der Waals surface area (Å²) in [7, 11) is -2.53.